The molecule has 0 radical (unpaired) electrons. The Bertz CT molecular complexity index is 487. The maximum Gasteiger partial charge on any atom is 0.226 e. The van der Waals surface area contributed by atoms with E-state index in [4.69, 9.17) is 11.6 Å². The Morgan fingerprint density at radius 3 is 2.79 bits per heavy atom. The second-order valence-electron chi connectivity index (χ2n) is 4.55. The maximum absolute atomic E-state index is 11.6. The van der Waals surface area contributed by atoms with Gasteiger partial charge in [0.2, 0.25) is 5.91 Å². The SMILES string of the molecule is C=Cc1cnc(N2CCC(C(=O)NP)CC2)c(Cl)c1. The molecule has 1 fully saturated rings. The van der Waals surface area contributed by atoms with E-state index in [0.29, 0.717) is 5.02 Å². The fourth-order valence-corrected chi connectivity index (χ4v) is 2.79. The molecule has 0 bridgehead atoms. The van der Waals surface area contributed by atoms with Crippen molar-refractivity contribution >= 4 is 38.8 Å². The van der Waals surface area contributed by atoms with E-state index >= 15 is 0 Å². The van der Waals surface area contributed by atoms with E-state index in [1.807, 2.05) is 6.07 Å². The molecule has 6 heteroatoms. The number of amides is 1. The smallest absolute Gasteiger partial charge is 0.226 e. The maximum atomic E-state index is 11.6. The van der Waals surface area contributed by atoms with Crippen LogP contribution in [0.2, 0.25) is 5.02 Å². The average molecular weight is 298 g/mol. The molecule has 102 valence electrons. The first-order valence-corrected chi connectivity index (χ1v) is 7.14. The van der Waals surface area contributed by atoms with E-state index < -0.39 is 0 Å². The number of carbonyl (C=O) groups is 1. The molecule has 4 nitrogen and oxygen atoms in total. The van der Waals surface area contributed by atoms with Crippen molar-refractivity contribution in [1.29, 1.82) is 0 Å². The lowest BCUT2D eigenvalue weighted by Crippen LogP contribution is -2.39. The van der Waals surface area contributed by atoms with Crippen LogP contribution in [-0.4, -0.2) is 24.0 Å². The highest BCUT2D eigenvalue weighted by Gasteiger charge is 2.25. The topological polar surface area (TPSA) is 45.2 Å². The molecule has 1 aliphatic heterocycles. The zero-order valence-corrected chi connectivity index (χ0v) is 12.5. The van der Waals surface area contributed by atoms with Crippen molar-refractivity contribution in [2.45, 2.75) is 12.8 Å². The molecule has 2 rings (SSSR count). The molecule has 1 aromatic rings. The van der Waals surface area contributed by atoms with Crippen LogP contribution in [0.5, 0.6) is 0 Å². The zero-order valence-electron chi connectivity index (χ0n) is 10.6. The van der Waals surface area contributed by atoms with Gasteiger partial charge in [-0.25, -0.2) is 4.98 Å². The number of rotatable bonds is 3. The summed E-state index contributed by atoms with van der Waals surface area (Å²) in [4.78, 5) is 18.1. The lowest BCUT2D eigenvalue weighted by atomic mass is 9.96. The molecule has 1 aromatic heterocycles. The highest BCUT2D eigenvalue weighted by atomic mass is 35.5. The van der Waals surface area contributed by atoms with Crippen molar-refractivity contribution < 1.29 is 4.79 Å². The third-order valence-electron chi connectivity index (χ3n) is 3.39. The molecule has 1 aliphatic rings. The lowest BCUT2D eigenvalue weighted by molar-refractivity contribution is -0.123. The number of anilines is 1. The van der Waals surface area contributed by atoms with Crippen LogP contribution in [0.25, 0.3) is 6.08 Å². The Morgan fingerprint density at radius 2 is 2.26 bits per heavy atom. The molecule has 0 spiro atoms. The predicted octanol–water partition coefficient (Wildman–Crippen LogP) is 2.50. The van der Waals surface area contributed by atoms with Gasteiger partial charge in [0.15, 0.2) is 0 Å². The van der Waals surface area contributed by atoms with Gasteiger partial charge in [-0.15, -0.1) is 0 Å². The van der Waals surface area contributed by atoms with Crippen molar-refractivity contribution in [3.05, 3.63) is 29.4 Å². The molecule has 0 aliphatic carbocycles. The van der Waals surface area contributed by atoms with E-state index in [9.17, 15) is 4.79 Å². The molecule has 1 amide bonds. The summed E-state index contributed by atoms with van der Waals surface area (Å²) in [5.41, 5.74) is 0.908. The van der Waals surface area contributed by atoms with Gasteiger partial charge in [-0.1, -0.05) is 24.3 Å². The van der Waals surface area contributed by atoms with Gasteiger partial charge in [0.25, 0.3) is 0 Å². The highest BCUT2D eigenvalue weighted by molar-refractivity contribution is 7.15. The minimum atomic E-state index is 0.0833. The normalized spacial score (nSPS) is 16.2. The van der Waals surface area contributed by atoms with Crippen LogP contribution in [0, 0.1) is 5.92 Å². The Kier molecular flexibility index (Phi) is 4.78. The van der Waals surface area contributed by atoms with Crippen LogP contribution in [-0.2, 0) is 4.79 Å². The Hall–Kier alpha value is -1.12. The van der Waals surface area contributed by atoms with Crippen LogP contribution in [0.3, 0.4) is 0 Å². The molecule has 19 heavy (non-hydrogen) atoms. The van der Waals surface area contributed by atoms with Crippen LogP contribution in [0.15, 0.2) is 18.8 Å². The monoisotopic (exact) mass is 297 g/mol. The number of hydrogen-bond donors (Lipinski definition) is 1. The van der Waals surface area contributed by atoms with Crippen molar-refractivity contribution in [2.75, 3.05) is 18.0 Å². The van der Waals surface area contributed by atoms with E-state index in [-0.39, 0.29) is 11.8 Å². The van der Waals surface area contributed by atoms with Crippen molar-refractivity contribution in [3.8, 4) is 0 Å². The Morgan fingerprint density at radius 1 is 1.58 bits per heavy atom. The highest BCUT2D eigenvalue weighted by Crippen LogP contribution is 2.28. The first-order chi connectivity index (χ1) is 9.15. The van der Waals surface area contributed by atoms with Gasteiger partial charge in [0.1, 0.15) is 5.82 Å². The molecule has 2 heterocycles. The predicted molar refractivity (Wildman–Crippen MR) is 82.1 cm³/mol. The van der Waals surface area contributed by atoms with E-state index in [1.165, 1.54) is 0 Å². The van der Waals surface area contributed by atoms with Crippen molar-refractivity contribution in [1.82, 2.24) is 10.1 Å². The summed E-state index contributed by atoms with van der Waals surface area (Å²) < 4.78 is 0. The lowest BCUT2D eigenvalue weighted by Gasteiger charge is -2.32. The van der Waals surface area contributed by atoms with Crippen LogP contribution < -0.4 is 9.99 Å². The largest absolute Gasteiger partial charge is 0.355 e. The number of halogens is 1. The molecular formula is C13H17ClN3OP. The zero-order chi connectivity index (χ0) is 13.8. The van der Waals surface area contributed by atoms with E-state index in [2.05, 4.69) is 30.9 Å². The fraction of sp³-hybridized carbons (Fsp3) is 0.385. The third kappa shape index (κ3) is 3.26. The molecule has 1 saturated heterocycles. The van der Waals surface area contributed by atoms with Gasteiger partial charge in [-0.05, 0) is 33.9 Å². The summed E-state index contributed by atoms with van der Waals surface area (Å²) in [7, 11) is 2.26. The first-order valence-electron chi connectivity index (χ1n) is 6.19. The minimum Gasteiger partial charge on any atom is -0.355 e. The number of aromatic nitrogens is 1. The average Bonchev–Trinajstić information content (AvgIpc) is 2.46. The third-order valence-corrected chi connectivity index (χ3v) is 3.95. The quantitative estimate of drug-likeness (QED) is 0.872. The molecule has 1 atom stereocenters. The summed E-state index contributed by atoms with van der Waals surface area (Å²) in [5, 5.41) is 3.25. The van der Waals surface area contributed by atoms with Crippen LogP contribution in [0.4, 0.5) is 5.82 Å². The van der Waals surface area contributed by atoms with Crippen molar-refractivity contribution in [2.24, 2.45) is 5.92 Å². The summed E-state index contributed by atoms with van der Waals surface area (Å²) >= 11 is 6.23. The second kappa shape index (κ2) is 6.36. The van der Waals surface area contributed by atoms with Gasteiger partial charge in [-0.2, -0.15) is 0 Å². The summed E-state index contributed by atoms with van der Waals surface area (Å²) in [5.74, 6) is 0.961. The number of pyridine rings is 1. The van der Waals surface area contributed by atoms with Crippen LogP contribution >= 0.6 is 21.0 Å². The number of piperidine rings is 1. The van der Waals surface area contributed by atoms with Gasteiger partial charge in [0.05, 0.1) is 5.02 Å². The van der Waals surface area contributed by atoms with Gasteiger partial charge >= 0.3 is 0 Å². The number of hydrogen-bond acceptors (Lipinski definition) is 3. The fourth-order valence-electron chi connectivity index (χ4n) is 2.26. The van der Waals surface area contributed by atoms with Gasteiger partial charge < -0.3 is 9.99 Å². The Balaban J connectivity index is 2.05. The molecular weight excluding hydrogens is 281 g/mol. The standard InChI is InChI=1S/C13H17ClN3OP/c1-2-9-7-11(14)12(15-8-9)17-5-3-10(4-6-17)13(18)16-19/h2,7-8,10H,1,3-6,19H2,(H,16,18). The van der Waals surface area contributed by atoms with E-state index in [1.54, 1.807) is 12.3 Å². The second-order valence-corrected chi connectivity index (χ2v) is 5.24. The van der Waals surface area contributed by atoms with Gasteiger partial charge in [0, 0.05) is 25.2 Å². The summed E-state index contributed by atoms with van der Waals surface area (Å²) in [6, 6.07) is 1.86. The summed E-state index contributed by atoms with van der Waals surface area (Å²) in [6.07, 6.45) is 5.12. The van der Waals surface area contributed by atoms with Crippen LogP contribution in [0.1, 0.15) is 18.4 Å². The number of carbonyl (C=O) groups excluding carboxylic acids is 1. The Labute approximate surface area is 120 Å². The van der Waals surface area contributed by atoms with Gasteiger partial charge in [-0.3, -0.25) is 4.79 Å². The number of nitrogens with one attached hydrogen (secondary N) is 1. The minimum absolute atomic E-state index is 0.0833. The molecule has 1 unspecified atom stereocenters. The molecule has 0 aromatic carbocycles. The molecule has 0 saturated carbocycles. The first kappa shape index (κ1) is 14.3. The van der Waals surface area contributed by atoms with Crippen molar-refractivity contribution in [3.63, 3.8) is 0 Å². The van der Waals surface area contributed by atoms with E-state index in [0.717, 1.165) is 37.3 Å². The molecule has 1 N–H and O–H groups in total. The number of nitrogens with zero attached hydrogens (tertiary/aromatic N) is 2. The summed E-state index contributed by atoms with van der Waals surface area (Å²) in [6.45, 7) is 5.28.